The molecule has 0 aliphatic heterocycles. The Labute approximate surface area is 100 Å². The van der Waals surface area contributed by atoms with Gasteiger partial charge in [0, 0.05) is 17.1 Å². The minimum absolute atomic E-state index is 0.754. The Morgan fingerprint density at radius 1 is 1.47 bits per heavy atom. The zero-order valence-electron chi connectivity index (χ0n) is 8.11. The second-order valence-corrected chi connectivity index (χ2v) is 4.17. The molecule has 0 N–H and O–H groups in total. The topological polar surface area (TPSA) is 38.9 Å². The van der Waals surface area contributed by atoms with E-state index in [9.17, 15) is 0 Å². The van der Waals surface area contributed by atoms with Gasteiger partial charge in [-0.15, -0.1) is 0 Å². The summed E-state index contributed by atoms with van der Waals surface area (Å²) in [6.45, 7) is 0. The van der Waals surface area contributed by atoms with Gasteiger partial charge in [-0.3, -0.25) is 0 Å². The molecule has 3 nitrogen and oxygen atoms in total. The van der Waals surface area contributed by atoms with Gasteiger partial charge < -0.3 is 4.42 Å². The first-order valence-corrected chi connectivity index (χ1v) is 6.69. The van der Waals surface area contributed by atoms with Gasteiger partial charge in [0.25, 0.3) is 0 Å². The fourth-order valence-corrected chi connectivity index (χ4v) is 2.03. The normalized spacial score (nSPS) is 10.5. The molecule has 0 saturated heterocycles. The molecule has 2 aromatic heterocycles. The Morgan fingerprint density at radius 3 is 3.07 bits per heavy atom. The summed E-state index contributed by atoms with van der Waals surface area (Å²) in [6.07, 6.45) is 5.37. The highest BCUT2D eigenvalue weighted by molar-refractivity contribution is 9.08. The number of alkyl halides is 1. The van der Waals surface area contributed by atoms with Crippen LogP contribution in [0, 0.1) is 0 Å². The third-order valence-corrected chi connectivity index (χ3v) is 3.11. The lowest BCUT2D eigenvalue weighted by molar-refractivity contribution is 0.577. The molecular formula is C10H9BrN2OS. The van der Waals surface area contributed by atoms with Crippen LogP contribution in [-0.2, 0) is 5.33 Å². The summed E-state index contributed by atoms with van der Waals surface area (Å²) in [4.78, 5) is 8.50. The van der Waals surface area contributed by atoms with Gasteiger partial charge in [-0.05, 0) is 18.4 Å². The summed E-state index contributed by atoms with van der Waals surface area (Å²) in [5.41, 5.74) is 1.93. The molecule has 0 bridgehead atoms. The van der Waals surface area contributed by atoms with Crippen LogP contribution in [0.1, 0.15) is 5.56 Å². The van der Waals surface area contributed by atoms with Gasteiger partial charge in [-0.25, -0.2) is 9.97 Å². The first kappa shape index (κ1) is 10.7. The zero-order valence-corrected chi connectivity index (χ0v) is 10.5. The van der Waals surface area contributed by atoms with Crippen molar-refractivity contribution in [2.75, 3.05) is 6.26 Å². The van der Waals surface area contributed by atoms with Crippen LogP contribution in [-0.4, -0.2) is 16.2 Å². The average molecular weight is 285 g/mol. The monoisotopic (exact) mass is 284 g/mol. The Bertz CT molecular complexity index is 458. The van der Waals surface area contributed by atoms with Crippen molar-refractivity contribution in [3.05, 3.63) is 30.2 Å². The fraction of sp³-hybridized carbons (Fsp3) is 0.200. The van der Waals surface area contributed by atoms with Gasteiger partial charge in [-0.1, -0.05) is 27.7 Å². The molecule has 0 aromatic carbocycles. The van der Waals surface area contributed by atoms with Gasteiger partial charge in [0.15, 0.2) is 10.9 Å². The molecule has 0 fully saturated rings. The molecule has 15 heavy (non-hydrogen) atoms. The summed E-state index contributed by atoms with van der Waals surface area (Å²) < 4.78 is 5.41. The molecule has 0 radical (unpaired) electrons. The quantitative estimate of drug-likeness (QED) is 0.492. The van der Waals surface area contributed by atoms with E-state index in [2.05, 4.69) is 25.9 Å². The van der Waals surface area contributed by atoms with Crippen LogP contribution in [0.5, 0.6) is 0 Å². The Morgan fingerprint density at radius 2 is 2.33 bits per heavy atom. The van der Waals surface area contributed by atoms with E-state index >= 15 is 0 Å². The maximum atomic E-state index is 5.41. The number of nitrogens with zero attached hydrogens (tertiary/aromatic N) is 2. The van der Waals surface area contributed by atoms with Crippen LogP contribution >= 0.6 is 27.7 Å². The molecular weight excluding hydrogens is 276 g/mol. The molecule has 0 amide bonds. The second-order valence-electron chi connectivity index (χ2n) is 2.84. The summed E-state index contributed by atoms with van der Waals surface area (Å²) in [5, 5.41) is 1.52. The highest BCUT2D eigenvalue weighted by atomic mass is 79.9. The van der Waals surface area contributed by atoms with Gasteiger partial charge in [0.2, 0.25) is 0 Å². The lowest BCUT2D eigenvalue weighted by atomic mass is 10.2. The Kier molecular flexibility index (Phi) is 3.43. The van der Waals surface area contributed by atoms with E-state index in [4.69, 9.17) is 4.42 Å². The first-order chi connectivity index (χ1) is 7.35. The molecule has 2 heterocycles. The van der Waals surface area contributed by atoms with Gasteiger partial charge in [-0.2, -0.15) is 0 Å². The van der Waals surface area contributed by atoms with Crippen molar-refractivity contribution in [2.45, 2.75) is 10.5 Å². The predicted molar refractivity (Wildman–Crippen MR) is 64.1 cm³/mol. The third kappa shape index (κ3) is 2.23. The molecule has 0 saturated carbocycles. The minimum atomic E-state index is 0.754. The SMILES string of the molecule is CSc1nccc(-c2occc2CBr)n1. The number of furan rings is 1. The van der Waals surface area contributed by atoms with E-state index in [0.29, 0.717) is 0 Å². The van der Waals surface area contributed by atoms with Crippen LogP contribution in [0.3, 0.4) is 0 Å². The van der Waals surface area contributed by atoms with E-state index < -0.39 is 0 Å². The molecule has 2 rings (SSSR count). The number of aromatic nitrogens is 2. The van der Waals surface area contributed by atoms with E-state index in [1.165, 1.54) is 11.8 Å². The zero-order chi connectivity index (χ0) is 10.7. The average Bonchev–Trinajstić information content (AvgIpc) is 2.77. The second kappa shape index (κ2) is 4.81. The number of thioether (sulfide) groups is 1. The highest BCUT2D eigenvalue weighted by Gasteiger charge is 2.09. The van der Waals surface area contributed by atoms with Crippen LogP contribution in [0.2, 0.25) is 0 Å². The summed E-state index contributed by atoms with van der Waals surface area (Å²) >= 11 is 4.93. The van der Waals surface area contributed by atoms with Crippen molar-refractivity contribution < 1.29 is 4.42 Å². The van der Waals surface area contributed by atoms with Crippen LogP contribution < -0.4 is 0 Å². The van der Waals surface area contributed by atoms with Crippen molar-refractivity contribution in [3.63, 3.8) is 0 Å². The summed E-state index contributed by atoms with van der Waals surface area (Å²) in [6, 6.07) is 3.79. The Hall–Kier alpha value is -0.810. The van der Waals surface area contributed by atoms with Crippen LogP contribution in [0.4, 0.5) is 0 Å². The van der Waals surface area contributed by atoms with E-state index in [-0.39, 0.29) is 0 Å². The standard InChI is InChI=1S/C10H9BrN2OS/c1-15-10-12-4-2-8(13-10)9-7(6-11)3-5-14-9/h2-5H,6H2,1H3. The smallest absolute Gasteiger partial charge is 0.187 e. The van der Waals surface area contributed by atoms with E-state index in [1.54, 1.807) is 12.5 Å². The fourth-order valence-electron chi connectivity index (χ4n) is 1.23. The molecule has 0 unspecified atom stereocenters. The summed E-state index contributed by atoms with van der Waals surface area (Å²) in [7, 11) is 0. The molecule has 0 atom stereocenters. The maximum Gasteiger partial charge on any atom is 0.187 e. The van der Waals surface area contributed by atoms with Crippen molar-refractivity contribution in [3.8, 4) is 11.5 Å². The van der Waals surface area contributed by atoms with Crippen LogP contribution in [0.15, 0.2) is 34.2 Å². The predicted octanol–water partition coefficient (Wildman–Crippen LogP) is 3.35. The maximum absolute atomic E-state index is 5.41. The van der Waals surface area contributed by atoms with Gasteiger partial charge in [0.1, 0.15) is 5.69 Å². The van der Waals surface area contributed by atoms with Crippen molar-refractivity contribution in [1.82, 2.24) is 9.97 Å². The Balaban J connectivity index is 2.44. The van der Waals surface area contributed by atoms with Crippen molar-refractivity contribution in [1.29, 1.82) is 0 Å². The van der Waals surface area contributed by atoms with Crippen molar-refractivity contribution in [2.24, 2.45) is 0 Å². The molecule has 5 heteroatoms. The molecule has 0 aliphatic rings. The van der Waals surface area contributed by atoms with Gasteiger partial charge in [0.05, 0.1) is 6.26 Å². The lowest BCUT2D eigenvalue weighted by Gasteiger charge is -2.00. The molecule has 2 aromatic rings. The number of rotatable bonds is 3. The summed E-state index contributed by atoms with van der Waals surface area (Å²) in [5.74, 6) is 0.810. The molecule has 0 aliphatic carbocycles. The molecule has 0 spiro atoms. The number of hydrogen-bond acceptors (Lipinski definition) is 4. The minimum Gasteiger partial charge on any atom is -0.462 e. The first-order valence-electron chi connectivity index (χ1n) is 4.35. The third-order valence-electron chi connectivity index (χ3n) is 1.94. The van der Waals surface area contributed by atoms with Gasteiger partial charge >= 0.3 is 0 Å². The number of halogens is 1. The van der Waals surface area contributed by atoms with E-state index in [0.717, 1.165) is 27.5 Å². The lowest BCUT2D eigenvalue weighted by Crippen LogP contribution is -1.89. The highest BCUT2D eigenvalue weighted by Crippen LogP contribution is 2.25. The molecule has 78 valence electrons. The largest absolute Gasteiger partial charge is 0.462 e. The van der Waals surface area contributed by atoms with E-state index in [1.807, 2.05) is 18.4 Å². The van der Waals surface area contributed by atoms with Crippen molar-refractivity contribution >= 4 is 27.7 Å². The number of hydrogen-bond donors (Lipinski definition) is 0. The van der Waals surface area contributed by atoms with Crippen LogP contribution in [0.25, 0.3) is 11.5 Å².